The fraction of sp³-hybridized carbons (Fsp3) is 1.00. The highest BCUT2D eigenvalue weighted by molar-refractivity contribution is 4.66. The van der Waals surface area contributed by atoms with Crippen molar-refractivity contribution in [2.75, 3.05) is 33.7 Å². The lowest BCUT2D eigenvalue weighted by molar-refractivity contribution is 0.286. The molecule has 0 aromatic heterocycles. The highest BCUT2D eigenvalue weighted by Gasteiger charge is 2.12. The summed E-state index contributed by atoms with van der Waals surface area (Å²) in [5, 5.41) is 3.20. The zero-order valence-electron chi connectivity index (χ0n) is 10.6. The van der Waals surface area contributed by atoms with E-state index in [0.29, 0.717) is 0 Å². The molecule has 1 N–H and O–H groups in total. The van der Waals surface area contributed by atoms with Crippen LogP contribution in [0.3, 0.4) is 0 Å². The van der Waals surface area contributed by atoms with E-state index in [4.69, 9.17) is 0 Å². The van der Waals surface area contributed by atoms with Gasteiger partial charge in [-0.2, -0.15) is 0 Å². The Balaban J connectivity index is 1.94. The first-order chi connectivity index (χ1) is 7.33. The normalized spacial score (nSPS) is 18.6. The molecule has 0 amide bonds. The number of likely N-dealkylation sites (N-methyl/N-ethyl adjacent to an activating group) is 2. The van der Waals surface area contributed by atoms with Crippen molar-refractivity contribution >= 4 is 0 Å². The van der Waals surface area contributed by atoms with Crippen LogP contribution < -0.4 is 5.32 Å². The summed E-state index contributed by atoms with van der Waals surface area (Å²) in [5.74, 6) is 1.05. The van der Waals surface area contributed by atoms with Gasteiger partial charge in [-0.1, -0.05) is 32.1 Å². The predicted octanol–water partition coefficient (Wildman–Crippen LogP) is 2.50. The summed E-state index contributed by atoms with van der Waals surface area (Å²) in [7, 11) is 4.26. The molecular weight excluding hydrogens is 184 g/mol. The SMILES string of the molecule is CNCCN(C)CCCC1CCCCC1. The van der Waals surface area contributed by atoms with Crippen LogP contribution in [0, 0.1) is 5.92 Å². The fourth-order valence-electron chi connectivity index (χ4n) is 2.54. The molecule has 90 valence electrons. The second-order valence-corrected chi connectivity index (χ2v) is 5.05. The summed E-state index contributed by atoms with van der Waals surface area (Å²) in [6.07, 6.45) is 10.3. The quantitative estimate of drug-likeness (QED) is 0.697. The van der Waals surface area contributed by atoms with Crippen LogP contribution in [-0.2, 0) is 0 Å². The molecule has 2 nitrogen and oxygen atoms in total. The van der Waals surface area contributed by atoms with Gasteiger partial charge in [0.25, 0.3) is 0 Å². The summed E-state index contributed by atoms with van der Waals surface area (Å²) in [6.45, 7) is 3.57. The third-order valence-electron chi connectivity index (χ3n) is 3.62. The number of nitrogens with one attached hydrogen (secondary N) is 1. The molecule has 2 heteroatoms. The Kier molecular flexibility index (Phi) is 7.03. The molecule has 1 saturated carbocycles. The maximum atomic E-state index is 3.20. The molecule has 0 spiro atoms. The van der Waals surface area contributed by atoms with Crippen LogP contribution in [0.15, 0.2) is 0 Å². The Morgan fingerprint density at radius 1 is 1.13 bits per heavy atom. The van der Waals surface area contributed by atoms with Crippen molar-refractivity contribution in [1.29, 1.82) is 0 Å². The minimum absolute atomic E-state index is 1.05. The van der Waals surface area contributed by atoms with E-state index in [1.807, 2.05) is 7.05 Å². The Morgan fingerprint density at radius 2 is 1.87 bits per heavy atom. The van der Waals surface area contributed by atoms with Gasteiger partial charge in [-0.3, -0.25) is 0 Å². The van der Waals surface area contributed by atoms with Crippen molar-refractivity contribution in [2.45, 2.75) is 44.9 Å². The second kappa shape index (κ2) is 8.12. The summed E-state index contributed by atoms with van der Waals surface area (Å²) >= 11 is 0. The minimum atomic E-state index is 1.05. The molecule has 15 heavy (non-hydrogen) atoms. The van der Waals surface area contributed by atoms with Crippen molar-refractivity contribution in [3.63, 3.8) is 0 Å². The van der Waals surface area contributed by atoms with E-state index in [1.165, 1.54) is 58.0 Å². The Hall–Kier alpha value is -0.0800. The maximum absolute atomic E-state index is 3.20. The van der Waals surface area contributed by atoms with Gasteiger partial charge in [-0.15, -0.1) is 0 Å². The average molecular weight is 212 g/mol. The van der Waals surface area contributed by atoms with Crippen molar-refractivity contribution in [2.24, 2.45) is 5.92 Å². The van der Waals surface area contributed by atoms with Gasteiger partial charge >= 0.3 is 0 Å². The van der Waals surface area contributed by atoms with Gasteiger partial charge < -0.3 is 10.2 Å². The number of hydrogen-bond acceptors (Lipinski definition) is 2. The van der Waals surface area contributed by atoms with E-state index in [-0.39, 0.29) is 0 Å². The van der Waals surface area contributed by atoms with Crippen molar-refractivity contribution in [3.8, 4) is 0 Å². The maximum Gasteiger partial charge on any atom is 0.0104 e. The molecule has 0 radical (unpaired) electrons. The molecule has 1 aliphatic rings. The first kappa shape index (κ1) is 13.0. The predicted molar refractivity (Wildman–Crippen MR) is 67.2 cm³/mol. The average Bonchev–Trinajstić information content (AvgIpc) is 2.28. The number of rotatable bonds is 7. The summed E-state index contributed by atoms with van der Waals surface area (Å²) in [6, 6.07) is 0. The van der Waals surface area contributed by atoms with Crippen LogP contribution in [0.2, 0.25) is 0 Å². The van der Waals surface area contributed by atoms with Crippen molar-refractivity contribution in [3.05, 3.63) is 0 Å². The second-order valence-electron chi connectivity index (χ2n) is 5.05. The fourth-order valence-corrected chi connectivity index (χ4v) is 2.54. The van der Waals surface area contributed by atoms with E-state index in [0.717, 1.165) is 12.5 Å². The zero-order chi connectivity index (χ0) is 10.9. The van der Waals surface area contributed by atoms with Crippen LogP contribution in [0.4, 0.5) is 0 Å². The van der Waals surface area contributed by atoms with E-state index in [9.17, 15) is 0 Å². The molecule has 1 aliphatic carbocycles. The van der Waals surface area contributed by atoms with Gasteiger partial charge in [-0.05, 0) is 39.4 Å². The first-order valence-electron chi connectivity index (χ1n) is 6.66. The number of hydrogen-bond donors (Lipinski definition) is 1. The highest BCUT2D eigenvalue weighted by atomic mass is 15.1. The Labute approximate surface area is 95.4 Å². The highest BCUT2D eigenvalue weighted by Crippen LogP contribution is 2.27. The molecule has 0 unspecified atom stereocenters. The molecule has 1 rings (SSSR count). The van der Waals surface area contributed by atoms with Crippen LogP contribution in [0.25, 0.3) is 0 Å². The largest absolute Gasteiger partial charge is 0.318 e. The molecule has 0 heterocycles. The first-order valence-corrected chi connectivity index (χ1v) is 6.66. The molecule has 0 aromatic rings. The smallest absolute Gasteiger partial charge is 0.0104 e. The van der Waals surface area contributed by atoms with Gasteiger partial charge in [0.2, 0.25) is 0 Å². The number of nitrogens with zero attached hydrogens (tertiary/aromatic N) is 1. The molecule has 0 aliphatic heterocycles. The van der Waals surface area contributed by atoms with E-state index in [2.05, 4.69) is 17.3 Å². The molecule has 0 saturated heterocycles. The van der Waals surface area contributed by atoms with Crippen LogP contribution in [-0.4, -0.2) is 38.6 Å². The van der Waals surface area contributed by atoms with Gasteiger partial charge in [0.15, 0.2) is 0 Å². The van der Waals surface area contributed by atoms with Crippen LogP contribution in [0.5, 0.6) is 0 Å². The lowest BCUT2D eigenvalue weighted by Crippen LogP contribution is -2.28. The lowest BCUT2D eigenvalue weighted by Gasteiger charge is -2.23. The topological polar surface area (TPSA) is 15.3 Å². The van der Waals surface area contributed by atoms with E-state index in [1.54, 1.807) is 0 Å². The van der Waals surface area contributed by atoms with Crippen LogP contribution in [0.1, 0.15) is 44.9 Å². The van der Waals surface area contributed by atoms with Crippen molar-refractivity contribution < 1.29 is 0 Å². The molecule has 0 bridgehead atoms. The summed E-state index contributed by atoms with van der Waals surface area (Å²) in [4.78, 5) is 2.44. The molecule has 0 atom stereocenters. The third-order valence-corrected chi connectivity index (χ3v) is 3.62. The third kappa shape index (κ3) is 6.16. The summed E-state index contributed by atoms with van der Waals surface area (Å²) < 4.78 is 0. The lowest BCUT2D eigenvalue weighted by atomic mass is 9.86. The summed E-state index contributed by atoms with van der Waals surface area (Å²) in [5.41, 5.74) is 0. The van der Waals surface area contributed by atoms with Gasteiger partial charge in [-0.25, -0.2) is 0 Å². The Bertz CT molecular complexity index is 141. The van der Waals surface area contributed by atoms with Gasteiger partial charge in [0, 0.05) is 13.1 Å². The molecular formula is C13H28N2. The molecule has 1 fully saturated rings. The van der Waals surface area contributed by atoms with Crippen LogP contribution >= 0.6 is 0 Å². The zero-order valence-corrected chi connectivity index (χ0v) is 10.6. The minimum Gasteiger partial charge on any atom is -0.318 e. The van der Waals surface area contributed by atoms with E-state index >= 15 is 0 Å². The van der Waals surface area contributed by atoms with Gasteiger partial charge in [0.05, 0.1) is 0 Å². The monoisotopic (exact) mass is 212 g/mol. The van der Waals surface area contributed by atoms with Crippen molar-refractivity contribution in [1.82, 2.24) is 10.2 Å². The molecule has 0 aromatic carbocycles. The Morgan fingerprint density at radius 3 is 2.53 bits per heavy atom. The van der Waals surface area contributed by atoms with E-state index < -0.39 is 0 Å². The van der Waals surface area contributed by atoms with Gasteiger partial charge in [0.1, 0.15) is 0 Å². The standard InChI is InChI=1S/C13H28N2/c1-14-10-12-15(2)11-6-9-13-7-4-3-5-8-13/h13-14H,3-12H2,1-2H3.